The Labute approximate surface area is 124 Å². The van der Waals surface area contributed by atoms with Crippen molar-refractivity contribution in [3.63, 3.8) is 0 Å². The Kier molecular flexibility index (Phi) is 5.18. The fourth-order valence-corrected chi connectivity index (χ4v) is 2.54. The lowest BCUT2D eigenvalue weighted by atomic mass is 9.96. The van der Waals surface area contributed by atoms with Crippen molar-refractivity contribution < 1.29 is 9.84 Å². The molecule has 0 amide bonds. The maximum atomic E-state index is 9.82. The first-order valence-corrected chi connectivity index (χ1v) is 7.37. The van der Waals surface area contributed by atoms with Gasteiger partial charge >= 0.3 is 0 Å². The van der Waals surface area contributed by atoms with Crippen molar-refractivity contribution in [3.8, 4) is 5.88 Å². The molecule has 0 bridgehead atoms. The van der Waals surface area contributed by atoms with Crippen molar-refractivity contribution in [3.05, 3.63) is 17.3 Å². The summed E-state index contributed by atoms with van der Waals surface area (Å²) in [5.74, 6) is 1.05. The number of β-amino-alcohol motifs (C(OH)–C–C–N with tert-alkyl or cyclic N) is 1. The van der Waals surface area contributed by atoms with Crippen LogP contribution >= 0.6 is 11.6 Å². The van der Waals surface area contributed by atoms with Crippen LogP contribution in [-0.2, 0) is 0 Å². The van der Waals surface area contributed by atoms with Gasteiger partial charge in [-0.05, 0) is 51.8 Å². The van der Waals surface area contributed by atoms with Crippen LogP contribution in [0.4, 0.5) is 0 Å². The van der Waals surface area contributed by atoms with E-state index in [1.807, 2.05) is 13.8 Å². The zero-order valence-electron chi connectivity index (χ0n) is 12.0. The number of piperidine rings is 1. The Morgan fingerprint density at radius 3 is 2.60 bits per heavy atom. The molecule has 0 atom stereocenters. The third kappa shape index (κ3) is 5.23. The molecule has 2 rings (SSSR count). The minimum Gasteiger partial charge on any atom is -0.476 e. The second kappa shape index (κ2) is 6.70. The number of likely N-dealkylation sites (tertiary alicyclic amines) is 1. The van der Waals surface area contributed by atoms with Crippen molar-refractivity contribution in [1.29, 1.82) is 0 Å². The van der Waals surface area contributed by atoms with E-state index in [2.05, 4.69) is 15.1 Å². The number of halogens is 1. The standard InChI is InChI=1S/C14H22ClN3O2/c1-14(2,19)10-18-7-5-11(6-8-18)9-20-13-4-3-12(15)16-17-13/h3-4,11,19H,5-10H2,1-2H3. The van der Waals surface area contributed by atoms with Crippen molar-refractivity contribution in [2.24, 2.45) is 5.92 Å². The van der Waals surface area contributed by atoms with Gasteiger partial charge in [0.1, 0.15) is 0 Å². The zero-order valence-corrected chi connectivity index (χ0v) is 12.8. The highest BCUT2D eigenvalue weighted by molar-refractivity contribution is 6.29. The molecule has 0 aromatic carbocycles. The van der Waals surface area contributed by atoms with E-state index in [-0.39, 0.29) is 0 Å². The molecule has 1 N–H and O–H groups in total. The van der Waals surface area contributed by atoms with Gasteiger partial charge in [-0.25, -0.2) is 0 Å². The number of nitrogens with zero attached hydrogens (tertiary/aromatic N) is 3. The Balaban J connectivity index is 1.70. The summed E-state index contributed by atoms with van der Waals surface area (Å²) in [6.07, 6.45) is 2.16. The van der Waals surface area contributed by atoms with Crippen molar-refractivity contribution in [1.82, 2.24) is 15.1 Å². The minimum absolute atomic E-state index is 0.372. The molecule has 1 aromatic heterocycles. The molecular weight excluding hydrogens is 278 g/mol. The fourth-order valence-electron chi connectivity index (χ4n) is 2.44. The maximum absolute atomic E-state index is 9.82. The van der Waals surface area contributed by atoms with E-state index in [4.69, 9.17) is 16.3 Å². The number of hydrogen-bond acceptors (Lipinski definition) is 5. The average Bonchev–Trinajstić information content (AvgIpc) is 2.38. The van der Waals surface area contributed by atoms with Gasteiger partial charge in [0.25, 0.3) is 0 Å². The molecule has 0 aliphatic carbocycles. The lowest BCUT2D eigenvalue weighted by Gasteiger charge is -2.35. The second-order valence-corrected chi connectivity index (χ2v) is 6.42. The summed E-state index contributed by atoms with van der Waals surface area (Å²) in [4.78, 5) is 2.30. The highest BCUT2D eigenvalue weighted by atomic mass is 35.5. The first kappa shape index (κ1) is 15.5. The molecule has 2 heterocycles. The summed E-state index contributed by atoms with van der Waals surface area (Å²) in [5, 5.41) is 17.8. The van der Waals surface area contributed by atoms with Crippen molar-refractivity contribution >= 4 is 11.6 Å². The fraction of sp³-hybridized carbons (Fsp3) is 0.714. The highest BCUT2D eigenvalue weighted by Gasteiger charge is 2.24. The molecular formula is C14H22ClN3O2. The van der Waals surface area contributed by atoms with E-state index in [0.29, 0.717) is 23.6 Å². The predicted octanol–water partition coefficient (Wildman–Crippen LogP) is 1.99. The van der Waals surface area contributed by atoms with Gasteiger partial charge in [0.2, 0.25) is 5.88 Å². The van der Waals surface area contributed by atoms with Gasteiger partial charge in [-0.3, -0.25) is 0 Å². The van der Waals surface area contributed by atoms with Gasteiger partial charge in [-0.15, -0.1) is 10.2 Å². The summed E-state index contributed by atoms with van der Waals surface area (Å²) in [7, 11) is 0. The Morgan fingerprint density at radius 2 is 2.05 bits per heavy atom. The van der Waals surface area contributed by atoms with Crippen molar-refractivity contribution in [2.45, 2.75) is 32.3 Å². The molecule has 1 fully saturated rings. The molecule has 112 valence electrons. The lowest BCUT2D eigenvalue weighted by molar-refractivity contribution is 0.0210. The van der Waals surface area contributed by atoms with Crippen LogP contribution in [0.15, 0.2) is 12.1 Å². The number of hydrogen-bond donors (Lipinski definition) is 1. The molecule has 0 saturated carbocycles. The second-order valence-electron chi connectivity index (χ2n) is 6.04. The molecule has 20 heavy (non-hydrogen) atoms. The first-order chi connectivity index (χ1) is 9.42. The smallest absolute Gasteiger partial charge is 0.233 e. The Morgan fingerprint density at radius 1 is 1.35 bits per heavy atom. The quantitative estimate of drug-likeness (QED) is 0.901. The SMILES string of the molecule is CC(C)(O)CN1CCC(COc2ccc(Cl)nn2)CC1. The highest BCUT2D eigenvalue weighted by Crippen LogP contribution is 2.20. The minimum atomic E-state index is -0.623. The number of rotatable bonds is 5. The zero-order chi connectivity index (χ0) is 14.6. The largest absolute Gasteiger partial charge is 0.476 e. The average molecular weight is 300 g/mol. The van der Waals surface area contributed by atoms with E-state index < -0.39 is 5.60 Å². The topological polar surface area (TPSA) is 58.5 Å². The van der Waals surface area contributed by atoms with Crippen LogP contribution in [0.3, 0.4) is 0 Å². The van der Waals surface area contributed by atoms with Crippen LogP contribution in [0.2, 0.25) is 5.15 Å². The number of ether oxygens (including phenoxy) is 1. The molecule has 5 nitrogen and oxygen atoms in total. The van der Waals surface area contributed by atoms with Gasteiger partial charge in [-0.1, -0.05) is 11.6 Å². The van der Waals surface area contributed by atoms with Gasteiger partial charge < -0.3 is 14.7 Å². The Hall–Kier alpha value is -0.910. The summed E-state index contributed by atoms with van der Waals surface area (Å²) in [6, 6.07) is 3.41. The monoisotopic (exact) mass is 299 g/mol. The van der Waals surface area contributed by atoms with Crippen LogP contribution in [0.25, 0.3) is 0 Å². The maximum Gasteiger partial charge on any atom is 0.233 e. The molecule has 0 spiro atoms. The van der Waals surface area contributed by atoms with Gasteiger partial charge in [0.15, 0.2) is 5.15 Å². The van der Waals surface area contributed by atoms with Crippen LogP contribution in [0, 0.1) is 5.92 Å². The molecule has 1 aromatic rings. The molecule has 1 saturated heterocycles. The van der Waals surface area contributed by atoms with E-state index >= 15 is 0 Å². The molecule has 6 heteroatoms. The summed E-state index contributed by atoms with van der Waals surface area (Å²) >= 11 is 5.67. The van der Waals surface area contributed by atoms with Crippen LogP contribution in [0.1, 0.15) is 26.7 Å². The van der Waals surface area contributed by atoms with E-state index in [9.17, 15) is 5.11 Å². The van der Waals surface area contributed by atoms with Gasteiger partial charge in [0.05, 0.1) is 12.2 Å². The third-order valence-electron chi connectivity index (χ3n) is 3.39. The van der Waals surface area contributed by atoms with Crippen molar-refractivity contribution in [2.75, 3.05) is 26.2 Å². The molecule has 1 aliphatic heterocycles. The van der Waals surface area contributed by atoms with Crippen LogP contribution in [-0.4, -0.2) is 52.0 Å². The first-order valence-electron chi connectivity index (χ1n) is 6.99. The van der Waals surface area contributed by atoms with E-state index in [1.54, 1.807) is 12.1 Å². The number of aliphatic hydroxyl groups is 1. The van der Waals surface area contributed by atoms with Crippen LogP contribution in [0.5, 0.6) is 5.88 Å². The molecule has 0 radical (unpaired) electrons. The predicted molar refractivity (Wildman–Crippen MR) is 78.0 cm³/mol. The van der Waals surface area contributed by atoms with E-state index in [0.717, 1.165) is 32.5 Å². The summed E-state index contributed by atoms with van der Waals surface area (Å²) in [5.41, 5.74) is -0.623. The van der Waals surface area contributed by atoms with Gasteiger partial charge in [0, 0.05) is 12.6 Å². The molecule has 1 aliphatic rings. The third-order valence-corrected chi connectivity index (χ3v) is 3.59. The molecule has 0 unspecified atom stereocenters. The summed E-state index contributed by atoms with van der Waals surface area (Å²) < 4.78 is 5.64. The van der Waals surface area contributed by atoms with Crippen LogP contribution < -0.4 is 4.74 Å². The Bertz CT molecular complexity index is 411. The number of aromatic nitrogens is 2. The van der Waals surface area contributed by atoms with Gasteiger partial charge in [-0.2, -0.15) is 0 Å². The normalized spacial score (nSPS) is 18.2. The van der Waals surface area contributed by atoms with E-state index in [1.165, 1.54) is 0 Å². The lowest BCUT2D eigenvalue weighted by Crippen LogP contribution is -2.43. The summed E-state index contributed by atoms with van der Waals surface area (Å²) in [6.45, 7) is 7.09.